The number of hydrogen-bond acceptors (Lipinski definition) is 0. The largest absolute Gasteiger partial charge is 0.0883 e. The van der Waals surface area contributed by atoms with Crippen LogP contribution in [0.25, 0.3) is 0 Å². The first-order chi connectivity index (χ1) is 14.5. The molecule has 0 aromatic carbocycles. The Kier molecular flexibility index (Phi) is 17.1. The second-order valence-electron chi connectivity index (χ2n) is 12.0. The minimum absolute atomic E-state index is 0.691. The fourth-order valence-electron chi connectivity index (χ4n) is 5.42. The Bertz CT molecular complexity index is 433. The number of unbranched alkanes of at least 4 members (excludes halogenated alkanes) is 2. The van der Waals surface area contributed by atoms with Gasteiger partial charge in [0.15, 0.2) is 0 Å². The molecule has 0 heteroatoms. The van der Waals surface area contributed by atoms with Crippen molar-refractivity contribution in [2.75, 3.05) is 0 Å². The van der Waals surface area contributed by atoms with E-state index in [1.165, 1.54) is 57.8 Å². The normalized spacial score (nSPS) is 20.4. The minimum Gasteiger partial charge on any atom is -0.0883 e. The predicted octanol–water partition coefficient (Wildman–Crippen LogP) is 10.8. The molecule has 0 radical (unpaired) electrons. The molecule has 186 valence electrons. The van der Waals surface area contributed by atoms with Crippen molar-refractivity contribution in [2.24, 2.45) is 53.3 Å². The van der Waals surface area contributed by atoms with Crippen molar-refractivity contribution >= 4 is 0 Å². The van der Waals surface area contributed by atoms with Crippen molar-refractivity contribution in [3.05, 3.63) is 12.2 Å². The molecule has 0 bridgehead atoms. The third-order valence-corrected chi connectivity index (χ3v) is 9.00. The second kappa shape index (κ2) is 17.2. The standard InChI is InChI=1S/C31H62/c1-12-14-20-31(21-26(7)25(6)19-17-15-16-18-23(3)4)22-27(8)29(10)30(11)28(9)24(5)13-2/h16,18,23-31H,12-15,17,19-22H2,1-11H3. The zero-order valence-electron chi connectivity index (χ0n) is 23.7. The molecule has 0 heterocycles. The number of hydrogen-bond donors (Lipinski definition) is 0. The summed E-state index contributed by atoms with van der Waals surface area (Å²) in [5.74, 6) is 7.49. The molecule has 0 aromatic heterocycles. The Morgan fingerprint density at radius 2 is 1.16 bits per heavy atom. The zero-order chi connectivity index (χ0) is 24.0. The minimum atomic E-state index is 0.691. The van der Waals surface area contributed by atoms with Crippen molar-refractivity contribution in [3.63, 3.8) is 0 Å². The third kappa shape index (κ3) is 13.1. The average Bonchev–Trinajstić information content (AvgIpc) is 2.74. The number of rotatable bonds is 18. The Morgan fingerprint density at radius 3 is 1.71 bits per heavy atom. The van der Waals surface area contributed by atoms with Crippen molar-refractivity contribution in [1.82, 2.24) is 0 Å². The molecule has 0 rings (SSSR count). The first-order valence-corrected chi connectivity index (χ1v) is 14.2. The van der Waals surface area contributed by atoms with E-state index in [4.69, 9.17) is 0 Å². The molecule has 0 amide bonds. The fraction of sp³-hybridized carbons (Fsp3) is 0.935. The van der Waals surface area contributed by atoms with Crippen LogP contribution >= 0.6 is 0 Å². The highest BCUT2D eigenvalue weighted by atomic mass is 14.3. The molecule has 0 aliphatic rings. The highest BCUT2D eigenvalue weighted by molar-refractivity contribution is 4.84. The maximum absolute atomic E-state index is 2.55. The topological polar surface area (TPSA) is 0 Å². The van der Waals surface area contributed by atoms with E-state index in [9.17, 15) is 0 Å². The van der Waals surface area contributed by atoms with Gasteiger partial charge in [0.1, 0.15) is 0 Å². The second-order valence-corrected chi connectivity index (χ2v) is 12.0. The Balaban J connectivity index is 4.75. The molecule has 0 spiro atoms. The molecular weight excluding hydrogens is 372 g/mol. The fourth-order valence-corrected chi connectivity index (χ4v) is 5.42. The zero-order valence-corrected chi connectivity index (χ0v) is 23.7. The monoisotopic (exact) mass is 434 g/mol. The highest BCUT2D eigenvalue weighted by Gasteiger charge is 2.28. The molecule has 31 heavy (non-hydrogen) atoms. The first-order valence-electron chi connectivity index (χ1n) is 14.2. The molecule has 8 atom stereocenters. The van der Waals surface area contributed by atoms with Crippen LogP contribution in [0.1, 0.15) is 134 Å². The van der Waals surface area contributed by atoms with Crippen LogP contribution in [0, 0.1) is 53.3 Å². The summed E-state index contributed by atoms with van der Waals surface area (Å²) in [7, 11) is 0. The summed E-state index contributed by atoms with van der Waals surface area (Å²) >= 11 is 0. The van der Waals surface area contributed by atoms with Crippen molar-refractivity contribution in [1.29, 1.82) is 0 Å². The summed E-state index contributed by atoms with van der Waals surface area (Å²) in [5.41, 5.74) is 0. The molecule has 0 saturated carbocycles. The first kappa shape index (κ1) is 30.7. The summed E-state index contributed by atoms with van der Waals surface area (Å²) in [6.45, 7) is 26.9. The van der Waals surface area contributed by atoms with Gasteiger partial charge >= 0.3 is 0 Å². The maximum Gasteiger partial charge on any atom is -0.0290 e. The van der Waals surface area contributed by atoms with Gasteiger partial charge in [0.25, 0.3) is 0 Å². The summed E-state index contributed by atoms with van der Waals surface area (Å²) in [5, 5.41) is 0. The van der Waals surface area contributed by atoms with E-state index in [0.29, 0.717) is 5.92 Å². The summed E-state index contributed by atoms with van der Waals surface area (Å²) in [4.78, 5) is 0. The SMILES string of the molecule is CCCCC(CC(C)C(C)CCCC=CC(C)C)CC(C)C(C)C(C)C(C)C(C)CC. The van der Waals surface area contributed by atoms with Gasteiger partial charge in [-0.2, -0.15) is 0 Å². The average molecular weight is 435 g/mol. The summed E-state index contributed by atoms with van der Waals surface area (Å²) in [6, 6.07) is 0. The van der Waals surface area contributed by atoms with Crippen LogP contribution in [-0.2, 0) is 0 Å². The van der Waals surface area contributed by atoms with Crippen LogP contribution in [-0.4, -0.2) is 0 Å². The number of allylic oxidation sites excluding steroid dienone is 2. The molecular formula is C31H62. The van der Waals surface area contributed by atoms with E-state index in [0.717, 1.165) is 47.3 Å². The van der Waals surface area contributed by atoms with Gasteiger partial charge in [-0.15, -0.1) is 0 Å². The Hall–Kier alpha value is -0.260. The lowest BCUT2D eigenvalue weighted by Gasteiger charge is -2.35. The predicted molar refractivity (Wildman–Crippen MR) is 145 cm³/mol. The van der Waals surface area contributed by atoms with Crippen LogP contribution in [0.4, 0.5) is 0 Å². The summed E-state index contributed by atoms with van der Waals surface area (Å²) < 4.78 is 0. The quantitative estimate of drug-likeness (QED) is 0.148. The maximum atomic E-state index is 2.55. The highest BCUT2D eigenvalue weighted by Crippen LogP contribution is 2.37. The van der Waals surface area contributed by atoms with Gasteiger partial charge < -0.3 is 0 Å². The van der Waals surface area contributed by atoms with E-state index < -0.39 is 0 Å². The molecule has 0 nitrogen and oxygen atoms in total. The molecule has 0 aromatic rings. The van der Waals surface area contributed by atoms with E-state index in [2.05, 4.69) is 88.3 Å². The van der Waals surface area contributed by atoms with Gasteiger partial charge in [0.05, 0.1) is 0 Å². The van der Waals surface area contributed by atoms with Crippen LogP contribution < -0.4 is 0 Å². The molecule has 0 fully saturated rings. The molecule has 8 unspecified atom stereocenters. The lowest BCUT2D eigenvalue weighted by atomic mass is 9.70. The van der Waals surface area contributed by atoms with Crippen LogP contribution in [0.15, 0.2) is 12.2 Å². The lowest BCUT2D eigenvalue weighted by molar-refractivity contribution is 0.141. The third-order valence-electron chi connectivity index (χ3n) is 9.00. The van der Waals surface area contributed by atoms with Crippen molar-refractivity contribution < 1.29 is 0 Å². The summed E-state index contributed by atoms with van der Waals surface area (Å²) in [6.07, 6.45) is 17.1. The van der Waals surface area contributed by atoms with Crippen molar-refractivity contribution in [3.8, 4) is 0 Å². The Labute approximate surface area is 199 Å². The van der Waals surface area contributed by atoms with Gasteiger partial charge in [-0.05, 0) is 78.9 Å². The van der Waals surface area contributed by atoms with Gasteiger partial charge in [-0.3, -0.25) is 0 Å². The molecule has 0 N–H and O–H groups in total. The van der Waals surface area contributed by atoms with Crippen LogP contribution in [0.2, 0.25) is 0 Å². The van der Waals surface area contributed by atoms with Crippen molar-refractivity contribution in [2.45, 2.75) is 134 Å². The van der Waals surface area contributed by atoms with Crippen LogP contribution in [0.5, 0.6) is 0 Å². The van der Waals surface area contributed by atoms with Gasteiger partial charge in [-0.1, -0.05) is 120 Å². The molecule has 0 saturated heterocycles. The molecule has 0 aliphatic heterocycles. The van der Waals surface area contributed by atoms with Gasteiger partial charge in [0, 0.05) is 0 Å². The Morgan fingerprint density at radius 1 is 0.581 bits per heavy atom. The van der Waals surface area contributed by atoms with Gasteiger partial charge in [-0.25, -0.2) is 0 Å². The molecule has 0 aliphatic carbocycles. The van der Waals surface area contributed by atoms with E-state index >= 15 is 0 Å². The lowest BCUT2D eigenvalue weighted by Crippen LogP contribution is -2.27. The van der Waals surface area contributed by atoms with Gasteiger partial charge in [0.2, 0.25) is 0 Å². The van der Waals surface area contributed by atoms with Crippen LogP contribution in [0.3, 0.4) is 0 Å². The van der Waals surface area contributed by atoms with E-state index in [1.807, 2.05) is 0 Å². The van der Waals surface area contributed by atoms with E-state index in [1.54, 1.807) is 0 Å². The van der Waals surface area contributed by atoms with E-state index in [-0.39, 0.29) is 0 Å². The smallest absolute Gasteiger partial charge is 0.0290 e.